The SMILES string of the molecule is CCC1CCCCN1CCNC(=O)CCc1cc2ccc(C)cc2[nH]c1=O. The zero-order valence-electron chi connectivity index (χ0n) is 16.5. The third kappa shape index (κ3) is 5.19. The number of aromatic nitrogens is 1. The molecule has 1 atom stereocenters. The van der Waals surface area contributed by atoms with Gasteiger partial charge in [0.15, 0.2) is 0 Å². The summed E-state index contributed by atoms with van der Waals surface area (Å²) in [5.74, 6) is 0.0171. The van der Waals surface area contributed by atoms with E-state index in [0.717, 1.165) is 29.6 Å². The van der Waals surface area contributed by atoms with Gasteiger partial charge in [-0.15, -0.1) is 0 Å². The Hall–Kier alpha value is -2.14. The van der Waals surface area contributed by atoms with Crippen LogP contribution in [0, 0.1) is 6.92 Å². The first-order chi connectivity index (χ1) is 13.1. The molecule has 0 saturated carbocycles. The molecule has 1 aromatic heterocycles. The molecule has 1 saturated heterocycles. The highest BCUT2D eigenvalue weighted by Gasteiger charge is 2.20. The second kappa shape index (κ2) is 9.18. The van der Waals surface area contributed by atoms with Crippen LogP contribution in [0.3, 0.4) is 0 Å². The molecule has 3 rings (SSSR count). The molecule has 1 amide bonds. The first-order valence-electron chi connectivity index (χ1n) is 10.2. The number of nitrogens with one attached hydrogen (secondary N) is 2. The smallest absolute Gasteiger partial charge is 0.251 e. The number of rotatable bonds is 7. The van der Waals surface area contributed by atoms with Gasteiger partial charge in [-0.2, -0.15) is 0 Å². The van der Waals surface area contributed by atoms with E-state index in [4.69, 9.17) is 0 Å². The minimum Gasteiger partial charge on any atom is -0.355 e. The van der Waals surface area contributed by atoms with Crippen molar-refractivity contribution in [2.45, 2.75) is 58.4 Å². The van der Waals surface area contributed by atoms with Crippen molar-refractivity contribution in [2.75, 3.05) is 19.6 Å². The average molecular weight is 370 g/mol. The van der Waals surface area contributed by atoms with Gasteiger partial charge in [0.25, 0.3) is 5.56 Å². The average Bonchev–Trinajstić information content (AvgIpc) is 2.66. The van der Waals surface area contributed by atoms with Gasteiger partial charge in [0, 0.05) is 36.6 Å². The Morgan fingerprint density at radius 3 is 2.96 bits per heavy atom. The van der Waals surface area contributed by atoms with Crippen LogP contribution in [0.5, 0.6) is 0 Å². The molecule has 1 aromatic carbocycles. The minimum atomic E-state index is -0.0972. The van der Waals surface area contributed by atoms with Gasteiger partial charge in [-0.25, -0.2) is 0 Å². The van der Waals surface area contributed by atoms with Crippen LogP contribution in [-0.4, -0.2) is 41.5 Å². The zero-order chi connectivity index (χ0) is 19.2. The maximum Gasteiger partial charge on any atom is 0.251 e. The van der Waals surface area contributed by atoms with Crippen molar-refractivity contribution in [1.82, 2.24) is 15.2 Å². The molecule has 5 heteroatoms. The van der Waals surface area contributed by atoms with Crippen LogP contribution >= 0.6 is 0 Å². The molecule has 1 aliphatic heterocycles. The molecule has 27 heavy (non-hydrogen) atoms. The largest absolute Gasteiger partial charge is 0.355 e. The number of aromatic amines is 1. The highest BCUT2D eigenvalue weighted by Crippen LogP contribution is 2.18. The lowest BCUT2D eigenvalue weighted by Crippen LogP contribution is -2.43. The summed E-state index contributed by atoms with van der Waals surface area (Å²) in [4.78, 5) is 29.9. The number of piperidine rings is 1. The summed E-state index contributed by atoms with van der Waals surface area (Å²) in [5.41, 5.74) is 2.54. The topological polar surface area (TPSA) is 65.2 Å². The standard InChI is InChI=1S/C22H31N3O2/c1-3-19-6-4-5-12-25(19)13-11-23-21(26)10-9-18-15-17-8-7-16(2)14-20(17)24-22(18)27/h7-8,14-15,19H,3-6,9-13H2,1-2H3,(H,23,26)(H,24,27). The number of carbonyl (C=O) groups excluding carboxylic acids is 1. The summed E-state index contributed by atoms with van der Waals surface area (Å²) in [7, 11) is 0. The van der Waals surface area contributed by atoms with E-state index in [9.17, 15) is 9.59 Å². The summed E-state index contributed by atoms with van der Waals surface area (Å²) >= 11 is 0. The van der Waals surface area contributed by atoms with Gasteiger partial charge >= 0.3 is 0 Å². The first-order valence-corrected chi connectivity index (χ1v) is 10.2. The monoisotopic (exact) mass is 369 g/mol. The Morgan fingerprint density at radius 1 is 1.30 bits per heavy atom. The third-order valence-electron chi connectivity index (χ3n) is 5.64. The Labute approximate surface area is 161 Å². The van der Waals surface area contributed by atoms with Crippen LogP contribution in [0.2, 0.25) is 0 Å². The fraction of sp³-hybridized carbons (Fsp3) is 0.545. The Kier molecular flexibility index (Phi) is 6.67. The van der Waals surface area contributed by atoms with Gasteiger partial charge in [-0.1, -0.05) is 25.5 Å². The molecule has 2 aromatic rings. The fourth-order valence-electron chi connectivity index (χ4n) is 4.04. The lowest BCUT2D eigenvalue weighted by Gasteiger charge is -2.35. The zero-order valence-corrected chi connectivity index (χ0v) is 16.5. The Balaban J connectivity index is 1.49. The van der Waals surface area contributed by atoms with Crippen LogP contribution < -0.4 is 10.9 Å². The fourth-order valence-corrected chi connectivity index (χ4v) is 4.04. The molecule has 0 bridgehead atoms. The van der Waals surface area contributed by atoms with Crippen molar-refractivity contribution in [3.63, 3.8) is 0 Å². The van der Waals surface area contributed by atoms with Crippen molar-refractivity contribution in [3.8, 4) is 0 Å². The number of hydrogen-bond donors (Lipinski definition) is 2. The summed E-state index contributed by atoms with van der Waals surface area (Å²) < 4.78 is 0. The summed E-state index contributed by atoms with van der Waals surface area (Å²) in [5, 5.41) is 4.02. The van der Waals surface area contributed by atoms with Crippen LogP contribution in [0.25, 0.3) is 10.9 Å². The van der Waals surface area contributed by atoms with Crippen LogP contribution in [0.15, 0.2) is 29.1 Å². The number of nitrogens with zero attached hydrogens (tertiary/aromatic N) is 1. The summed E-state index contributed by atoms with van der Waals surface area (Å²) in [6, 6.07) is 8.57. The highest BCUT2D eigenvalue weighted by atomic mass is 16.1. The summed E-state index contributed by atoms with van der Waals surface area (Å²) in [6.07, 6.45) is 5.84. The van der Waals surface area contributed by atoms with E-state index < -0.39 is 0 Å². The number of carbonyl (C=O) groups is 1. The molecule has 0 radical (unpaired) electrons. The number of fused-ring (bicyclic) bond motifs is 1. The molecule has 5 nitrogen and oxygen atoms in total. The van der Waals surface area contributed by atoms with Crippen LogP contribution in [0.4, 0.5) is 0 Å². The second-order valence-electron chi connectivity index (χ2n) is 7.66. The molecule has 1 unspecified atom stereocenters. The van der Waals surface area contributed by atoms with E-state index in [2.05, 4.69) is 22.1 Å². The quantitative estimate of drug-likeness (QED) is 0.788. The number of likely N-dealkylation sites (tertiary alicyclic amines) is 1. The number of aryl methyl sites for hydroxylation is 2. The molecule has 0 spiro atoms. The first kappa shape index (κ1) is 19.6. The molecular weight excluding hydrogens is 338 g/mol. The van der Waals surface area contributed by atoms with Crippen molar-refractivity contribution >= 4 is 16.8 Å². The lowest BCUT2D eigenvalue weighted by atomic mass is 10.0. The lowest BCUT2D eigenvalue weighted by molar-refractivity contribution is -0.121. The number of amides is 1. The van der Waals surface area contributed by atoms with E-state index in [1.807, 2.05) is 31.2 Å². The molecule has 1 fully saturated rings. The number of pyridine rings is 1. The number of benzene rings is 1. The molecule has 146 valence electrons. The molecule has 0 aliphatic carbocycles. The van der Waals surface area contributed by atoms with Gasteiger partial charge in [0.2, 0.25) is 5.91 Å². The van der Waals surface area contributed by atoms with Crippen molar-refractivity contribution in [2.24, 2.45) is 0 Å². The Morgan fingerprint density at radius 2 is 2.15 bits per heavy atom. The maximum atomic E-state index is 12.3. The molecule has 2 N–H and O–H groups in total. The van der Waals surface area contributed by atoms with Crippen molar-refractivity contribution in [1.29, 1.82) is 0 Å². The normalized spacial score (nSPS) is 17.9. The van der Waals surface area contributed by atoms with Crippen molar-refractivity contribution in [3.05, 3.63) is 45.7 Å². The Bertz CT molecular complexity index is 843. The maximum absolute atomic E-state index is 12.3. The molecule has 1 aliphatic rings. The van der Waals surface area contributed by atoms with Crippen LogP contribution in [0.1, 0.15) is 50.2 Å². The van der Waals surface area contributed by atoms with E-state index in [0.29, 0.717) is 31.0 Å². The molecular formula is C22H31N3O2. The van der Waals surface area contributed by atoms with Gasteiger partial charge in [0.1, 0.15) is 0 Å². The van der Waals surface area contributed by atoms with Crippen molar-refractivity contribution < 1.29 is 4.79 Å². The summed E-state index contributed by atoms with van der Waals surface area (Å²) in [6.45, 7) is 6.98. The van der Waals surface area contributed by atoms with E-state index in [-0.39, 0.29) is 11.5 Å². The van der Waals surface area contributed by atoms with E-state index >= 15 is 0 Å². The van der Waals surface area contributed by atoms with E-state index in [1.165, 1.54) is 25.7 Å². The predicted octanol–water partition coefficient (Wildman–Crippen LogP) is 3.15. The van der Waals surface area contributed by atoms with Crippen LogP contribution in [-0.2, 0) is 11.2 Å². The van der Waals surface area contributed by atoms with Gasteiger partial charge in [0.05, 0.1) is 0 Å². The molecule has 2 heterocycles. The minimum absolute atomic E-state index is 0.0171. The number of H-pyrrole nitrogens is 1. The van der Waals surface area contributed by atoms with E-state index in [1.54, 1.807) is 0 Å². The van der Waals surface area contributed by atoms with Gasteiger partial charge in [-0.3, -0.25) is 14.5 Å². The third-order valence-corrected chi connectivity index (χ3v) is 5.64. The second-order valence-corrected chi connectivity index (χ2v) is 7.66. The highest BCUT2D eigenvalue weighted by molar-refractivity contribution is 5.80. The predicted molar refractivity (Wildman–Crippen MR) is 110 cm³/mol. The van der Waals surface area contributed by atoms with Gasteiger partial charge < -0.3 is 10.3 Å². The van der Waals surface area contributed by atoms with Gasteiger partial charge in [-0.05, 0) is 62.2 Å². The number of hydrogen-bond acceptors (Lipinski definition) is 3.